The monoisotopic (exact) mass is 278 g/mol. The fraction of sp³-hybridized carbons (Fsp3) is 0.625. The molecule has 104 valence electrons. The largest absolute Gasteiger partial charge is 0.497 e. The summed E-state index contributed by atoms with van der Waals surface area (Å²) in [6, 6.07) is 8.54. The summed E-state index contributed by atoms with van der Waals surface area (Å²) in [6.07, 6.45) is 2.88. The van der Waals surface area contributed by atoms with Gasteiger partial charge in [-0.1, -0.05) is 12.1 Å². The minimum absolute atomic E-state index is 0.870. The standard InChI is InChI=1S/C16H24NOS/c1-17-9-7-14(8-10-17)16(11-17)19-12-13-3-5-15(18-2)6-4-13/h3-6,14,16H,7-12H2,1-2H3/q+1. The zero-order valence-corrected chi connectivity index (χ0v) is 12.8. The van der Waals surface area contributed by atoms with Crippen LogP contribution < -0.4 is 4.74 Å². The van der Waals surface area contributed by atoms with Crippen molar-refractivity contribution in [3.8, 4) is 5.75 Å². The molecule has 3 fully saturated rings. The number of benzene rings is 1. The van der Waals surface area contributed by atoms with Crippen molar-refractivity contribution >= 4 is 11.8 Å². The van der Waals surface area contributed by atoms with Gasteiger partial charge in [0.15, 0.2) is 0 Å². The second kappa shape index (κ2) is 5.37. The molecular formula is C16H24NOS+. The molecule has 3 aliphatic heterocycles. The van der Waals surface area contributed by atoms with Crippen LogP contribution in [0.3, 0.4) is 0 Å². The van der Waals surface area contributed by atoms with Crippen molar-refractivity contribution < 1.29 is 9.22 Å². The van der Waals surface area contributed by atoms with Gasteiger partial charge < -0.3 is 9.22 Å². The summed E-state index contributed by atoms with van der Waals surface area (Å²) < 4.78 is 6.52. The lowest BCUT2D eigenvalue weighted by molar-refractivity contribution is -0.923. The van der Waals surface area contributed by atoms with Crippen LogP contribution in [0, 0.1) is 5.92 Å². The topological polar surface area (TPSA) is 9.23 Å². The van der Waals surface area contributed by atoms with E-state index in [1.807, 2.05) is 0 Å². The third kappa shape index (κ3) is 2.92. The van der Waals surface area contributed by atoms with Gasteiger partial charge in [-0.15, -0.1) is 11.8 Å². The lowest BCUT2D eigenvalue weighted by atomic mass is 9.86. The van der Waals surface area contributed by atoms with Crippen LogP contribution in [-0.4, -0.2) is 43.5 Å². The maximum Gasteiger partial charge on any atom is 0.118 e. The van der Waals surface area contributed by atoms with E-state index in [2.05, 4.69) is 43.1 Å². The van der Waals surface area contributed by atoms with Crippen molar-refractivity contribution in [3.05, 3.63) is 29.8 Å². The molecular weight excluding hydrogens is 254 g/mol. The molecule has 3 aliphatic rings. The first-order valence-corrected chi connectivity index (χ1v) is 8.31. The van der Waals surface area contributed by atoms with Crippen LogP contribution in [0.5, 0.6) is 5.75 Å². The Bertz CT molecular complexity index is 423. The molecule has 1 atom stereocenters. The van der Waals surface area contributed by atoms with Crippen molar-refractivity contribution in [2.75, 3.05) is 33.8 Å². The molecule has 3 heteroatoms. The summed E-state index contributed by atoms with van der Waals surface area (Å²) in [5.41, 5.74) is 1.42. The van der Waals surface area contributed by atoms with Crippen LogP contribution in [0.25, 0.3) is 0 Å². The Labute approximate surface area is 120 Å². The van der Waals surface area contributed by atoms with Crippen molar-refractivity contribution in [1.29, 1.82) is 0 Å². The second-order valence-corrected chi connectivity index (χ2v) is 7.51. The van der Waals surface area contributed by atoms with E-state index in [9.17, 15) is 0 Å². The lowest BCUT2D eigenvalue weighted by Gasteiger charge is -2.50. The highest BCUT2D eigenvalue weighted by atomic mass is 32.2. The predicted octanol–water partition coefficient (Wildman–Crippen LogP) is 3.17. The van der Waals surface area contributed by atoms with Gasteiger partial charge in [-0.25, -0.2) is 0 Å². The first kappa shape index (κ1) is 13.3. The van der Waals surface area contributed by atoms with Crippen molar-refractivity contribution in [2.24, 2.45) is 5.92 Å². The Morgan fingerprint density at radius 2 is 1.89 bits per heavy atom. The van der Waals surface area contributed by atoms with E-state index >= 15 is 0 Å². The smallest absolute Gasteiger partial charge is 0.118 e. The van der Waals surface area contributed by atoms with E-state index in [-0.39, 0.29) is 0 Å². The molecule has 0 aliphatic carbocycles. The Kier molecular flexibility index (Phi) is 3.77. The molecule has 0 amide bonds. The highest BCUT2D eigenvalue weighted by Gasteiger charge is 2.43. The summed E-state index contributed by atoms with van der Waals surface area (Å²) in [4.78, 5) is 0. The molecule has 2 bridgehead atoms. The molecule has 3 saturated heterocycles. The average Bonchev–Trinajstić information content (AvgIpc) is 2.46. The number of quaternary nitrogens is 1. The van der Waals surface area contributed by atoms with Crippen LogP contribution in [0.2, 0.25) is 0 Å². The molecule has 0 aromatic heterocycles. The Hall–Kier alpha value is -0.670. The zero-order chi connectivity index (χ0) is 13.3. The number of nitrogens with zero attached hydrogens (tertiary/aromatic N) is 1. The van der Waals surface area contributed by atoms with Crippen molar-refractivity contribution in [3.63, 3.8) is 0 Å². The van der Waals surface area contributed by atoms with Gasteiger partial charge in [0.25, 0.3) is 0 Å². The number of piperidine rings is 3. The van der Waals surface area contributed by atoms with Crippen LogP contribution in [-0.2, 0) is 5.75 Å². The molecule has 0 radical (unpaired) electrons. The maximum atomic E-state index is 5.21. The number of thioether (sulfide) groups is 1. The summed E-state index contributed by atoms with van der Waals surface area (Å²) in [6.45, 7) is 4.19. The molecule has 0 spiro atoms. The van der Waals surface area contributed by atoms with Gasteiger partial charge in [-0.05, 0) is 23.6 Å². The minimum Gasteiger partial charge on any atom is -0.497 e. The van der Waals surface area contributed by atoms with E-state index < -0.39 is 0 Å². The van der Waals surface area contributed by atoms with Crippen LogP contribution in [0.1, 0.15) is 18.4 Å². The van der Waals surface area contributed by atoms with E-state index in [0.717, 1.165) is 22.7 Å². The van der Waals surface area contributed by atoms with Crippen molar-refractivity contribution in [1.82, 2.24) is 0 Å². The molecule has 1 aromatic rings. The van der Waals surface area contributed by atoms with E-state index in [0.29, 0.717) is 0 Å². The first-order chi connectivity index (χ1) is 9.18. The van der Waals surface area contributed by atoms with E-state index in [1.54, 1.807) is 7.11 Å². The predicted molar refractivity (Wildman–Crippen MR) is 81.6 cm³/mol. The first-order valence-electron chi connectivity index (χ1n) is 7.27. The van der Waals surface area contributed by atoms with Gasteiger partial charge in [0.2, 0.25) is 0 Å². The van der Waals surface area contributed by atoms with Gasteiger partial charge in [0.05, 0.1) is 39.0 Å². The molecule has 2 nitrogen and oxygen atoms in total. The molecule has 4 rings (SSSR count). The number of hydrogen-bond donors (Lipinski definition) is 0. The highest BCUT2D eigenvalue weighted by Crippen LogP contribution is 2.39. The Balaban J connectivity index is 1.57. The summed E-state index contributed by atoms with van der Waals surface area (Å²) in [5.74, 6) is 3.07. The summed E-state index contributed by atoms with van der Waals surface area (Å²) >= 11 is 2.17. The lowest BCUT2D eigenvalue weighted by Crippen LogP contribution is -2.60. The molecule has 0 N–H and O–H groups in total. The molecule has 1 aromatic carbocycles. The van der Waals surface area contributed by atoms with E-state index in [1.165, 1.54) is 42.5 Å². The summed E-state index contributed by atoms with van der Waals surface area (Å²) in [5, 5.41) is 0.870. The van der Waals surface area contributed by atoms with Crippen molar-refractivity contribution in [2.45, 2.75) is 23.8 Å². The molecule has 19 heavy (non-hydrogen) atoms. The van der Waals surface area contributed by atoms with Crippen LogP contribution in [0.15, 0.2) is 24.3 Å². The fourth-order valence-electron chi connectivity index (χ4n) is 3.46. The number of fused-ring (bicyclic) bond motifs is 3. The minimum atomic E-state index is 0.870. The fourth-order valence-corrected chi connectivity index (χ4v) is 5.07. The van der Waals surface area contributed by atoms with Gasteiger partial charge in [0.1, 0.15) is 5.75 Å². The quantitative estimate of drug-likeness (QED) is 0.782. The van der Waals surface area contributed by atoms with Gasteiger partial charge in [-0.2, -0.15) is 0 Å². The normalized spacial score (nSPS) is 33.4. The van der Waals surface area contributed by atoms with Crippen LogP contribution >= 0.6 is 11.8 Å². The molecule has 0 saturated carbocycles. The SMILES string of the molecule is COc1ccc(CSC2C[N+]3(C)CCC2CC3)cc1. The average molecular weight is 278 g/mol. The van der Waals surface area contributed by atoms with Gasteiger partial charge in [0, 0.05) is 18.6 Å². The molecule has 1 unspecified atom stereocenters. The van der Waals surface area contributed by atoms with E-state index in [4.69, 9.17) is 4.74 Å². The number of ether oxygens (including phenoxy) is 1. The number of methoxy groups -OCH3 is 1. The third-order valence-corrected chi connectivity index (χ3v) is 6.31. The Morgan fingerprint density at radius 3 is 2.47 bits per heavy atom. The third-order valence-electron chi connectivity index (χ3n) is 4.85. The number of hydrogen-bond acceptors (Lipinski definition) is 2. The molecule has 3 heterocycles. The van der Waals surface area contributed by atoms with Crippen LogP contribution in [0.4, 0.5) is 0 Å². The second-order valence-electron chi connectivity index (χ2n) is 6.28. The zero-order valence-electron chi connectivity index (χ0n) is 12.0. The van der Waals surface area contributed by atoms with Gasteiger partial charge in [-0.3, -0.25) is 0 Å². The maximum absolute atomic E-state index is 5.21. The summed E-state index contributed by atoms with van der Waals surface area (Å²) in [7, 11) is 4.16. The highest BCUT2D eigenvalue weighted by molar-refractivity contribution is 7.99. The number of rotatable bonds is 4. The van der Waals surface area contributed by atoms with Gasteiger partial charge >= 0.3 is 0 Å². The Morgan fingerprint density at radius 1 is 1.21 bits per heavy atom.